The summed E-state index contributed by atoms with van der Waals surface area (Å²) in [6, 6.07) is 52.9. The molecule has 0 fully saturated rings. The van der Waals surface area contributed by atoms with Crippen molar-refractivity contribution in [3.05, 3.63) is 146 Å². The lowest BCUT2D eigenvalue weighted by Gasteiger charge is -2.34. The fourth-order valence-corrected chi connectivity index (χ4v) is 8.44. The maximum absolute atomic E-state index is 2.38. The van der Waals surface area contributed by atoms with Gasteiger partial charge in [-0.3, -0.25) is 0 Å². The van der Waals surface area contributed by atoms with Crippen molar-refractivity contribution in [2.24, 2.45) is 0 Å². The van der Waals surface area contributed by atoms with Crippen molar-refractivity contribution in [1.82, 2.24) is 0 Å². The van der Waals surface area contributed by atoms with E-state index in [0.717, 1.165) is 11.4 Å². The second-order valence-corrected chi connectivity index (χ2v) is 12.3. The minimum atomic E-state index is 0.236. The van der Waals surface area contributed by atoms with Crippen molar-refractivity contribution in [2.75, 3.05) is 4.90 Å². The monoisotopic (exact) mass is 545 g/mol. The molecule has 8 rings (SSSR count). The third-order valence-corrected chi connectivity index (χ3v) is 10.1. The molecule has 6 aromatic rings. The Morgan fingerprint density at radius 2 is 0.950 bits per heavy atom. The SMILES string of the molecule is c1ccc(-c2ccc3c(c2)Sc2cccc4c2B3c2ccc(N(c3ccccc3)c3ccccc3)cc2S4)cc1. The molecule has 2 heterocycles. The van der Waals surface area contributed by atoms with E-state index in [1.165, 1.54) is 52.8 Å². The zero-order valence-corrected chi connectivity index (χ0v) is 23.3. The van der Waals surface area contributed by atoms with Gasteiger partial charge in [0.25, 0.3) is 0 Å². The molecule has 0 saturated heterocycles. The zero-order chi connectivity index (χ0) is 26.5. The highest BCUT2D eigenvalue weighted by Gasteiger charge is 2.38. The Bertz CT molecular complexity index is 1820. The number of para-hydroxylation sites is 2. The first kappa shape index (κ1) is 23.7. The van der Waals surface area contributed by atoms with Gasteiger partial charge in [0, 0.05) is 36.6 Å². The third-order valence-electron chi connectivity index (χ3n) is 7.78. The Morgan fingerprint density at radius 3 is 1.57 bits per heavy atom. The molecular formula is C36H24BNS2. The van der Waals surface area contributed by atoms with Crippen LogP contribution in [0.25, 0.3) is 11.1 Å². The van der Waals surface area contributed by atoms with Crippen LogP contribution in [0.4, 0.5) is 17.1 Å². The van der Waals surface area contributed by atoms with Crippen LogP contribution in [0.3, 0.4) is 0 Å². The summed E-state index contributed by atoms with van der Waals surface area (Å²) >= 11 is 3.82. The maximum atomic E-state index is 2.38. The predicted octanol–water partition coefficient (Wildman–Crippen LogP) is 8.27. The summed E-state index contributed by atoms with van der Waals surface area (Å²) < 4.78 is 0. The van der Waals surface area contributed by atoms with Crippen LogP contribution in [-0.2, 0) is 0 Å². The van der Waals surface area contributed by atoms with Crippen molar-refractivity contribution in [2.45, 2.75) is 19.6 Å². The van der Waals surface area contributed by atoms with Crippen molar-refractivity contribution in [3.8, 4) is 11.1 Å². The van der Waals surface area contributed by atoms with E-state index >= 15 is 0 Å². The van der Waals surface area contributed by atoms with Gasteiger partial charge in [-0.15, -0.1) is 0 Å². The van der Waals surface area contributed by atoms with Gasteiger partial charge in [0.15, 0.2) is 0 Å². The van der Waals surface area contributed by atoms with Gasteiger partial charge in [0.1, 0.15) is 0 Å². The largest absolute Gasteiger partial charge is 0.310 e. The lowest BCUT2D eigenvalue weighted by Crippen LogP contribution is -2.58. The van der Waals surface area contributed by atoms with E-state index in [-0.39, 0.29) is 6.71 Å². The predicted molar refractivity (Wildman–Crippen MR) is 172 cm³/mol. The van der Waals surface area contributed by atoms with E-state index in [1.54, 1.807) is 0 Å². The van der Waals surface area contributed by atoms with Crippen molar-refractivity contribution in [1.29, 1.82) is 0 Å². The molecular weight excluding hydrogens is 521 g/mol. The molecule has 0 bridgehead atoms. The second kappa shape index (κ2) is 9.81. The maximum Gasteiger partial charge on any atom is 0.247 e. The number of fused-ring (bicyclic) bond motifs is 4. The van der Waals surface area contributed by atoms with Gasteiger partial charge >= 0.3 is 0 Å². The van der Waals surface area contributed by atoms with Gasteiger partial charge < -0.3 is 4.90 Å². The van der Waals surface area contributed by atoms with E-state index in [1.807, 2.05) is 23.5 Å². The van der Waals surface area contributed by atoms with Gasteiger partial charge in [-0.05, 0) is 71.2 Å². The molecule has 2 aliphatic rings. The van der Waals surface area contributed by atoms with E-state index in [2.05, 4.69) is 150 Å². The topological polar surface area (TPSA) is 3.24 Å². The van der Waals surface area contributed by atoms with Gasteiger partial charge in [0.2, 0.25) is 6.71 Å². The fourth-order valence-electron chi connectivity index (χ4n) is 5.96. The van der Waals surface area contributed by atoms with Crippen LogP contribution < -0.4 is 21.3 Å². The highest BCUT2D eigenvalue weighted by atomic mass is 32.2. The smallest absolute Gasteiger partial charge is 0.247 e. The number of hydrogen-bond donors (Lipinski definition) is 0. The van der Waals surface area contributed by atoms with Crippen LogP contribution in [-0.4, -0.2) is 6.71 Å². The summed E-state index contributed by atoms with van der Waals surface area (Å²) in [6.07, 6.45) is 0. The van der Waals surface area contributed by atoms with Gasteiger partial charge in [-0.2, -0.15) is 0 Å². The fraction of sp³-hybridized carbons (Fsp3) is 0. The Hall–Kier alpha value is -4.12. The Labute approximate surface area is 244 Å². The molecule has 2 aliphatic heterocycles. The zero-order valence-electron chi connectivity index (χ0n) is 21.7. The molecule has 0 amide bonds. The average molecular weight is 546 g/mol. The quantitative estimate of drug-likeness (QED) is 0.205. The van der Waals surface area contributed by atoms with Crippen molar-refractivity contribution >= 4 is 63.7 Å². The summed E-state index contributed by atoms with van der Waals surface area (Å²) in [5.74, 6) is 0. The molecule has 0 N–H and O–H groups in total. The third kappa shape index (κ3) is 3.99. The van der Waals surface area contributed by atoms with Crippen LogP contribution in [0.5, 0.6) is 0 Å². The minimum absolute atomic E-state index is 0.236. The second-order valence-electron chi connectivity index (χ2n) is 10.2. The minimum Gasteiger partial charge on any atom is -0.310 e. The molecule has 0 unspecified atom stereocenters. The van der Waals surface area contributed by atoms with Crippen LogP contribution in [0.2, 0.25) is 0 Å². The Balaban J connectivity index is 1.27. The molecule has 0 aliphatic carbocycles. The van der Waals surface area contributed by atoms with Crippen LogP contribution >= 0.6 is 23.5 Å². The number of benzene rings is 6. The first-order chi connectivity index (χ1) is 19.8. The standard InChI is InChI=1S/C36H24BNS2/c1-4-11-25(12-5-1)26-19-21-30-34(23-26)39-32-17-10-18-33-36(32)37(30)31-22-20-29(24-35(31)40-33)38(27-13-6-2-7-14-27)28-15-8-3-9-16-28/h1-24H. The summed E-state index contributed by atoms with van der Waals surface area (Å²) in [7, 11) is 0. The molecule has 0 radical (unpaired) electrons. The lowest BCUT2D eigenvalue weighted by atomic mass is 9.36. The molecule has 0 atom stereocenters. The van der Waals surface area contributed by atoms with Crippen LogP contribution in [0, 0.1) is 0 Å². The van der Waals surface area contributed by atoms with Crippen LogP contribution in [0.1, 0.15) is 0 Å². The number of rotatable bonds is 4. The molecule has 1 nitrogen and oxygen atoms in total. The number of anilines is 3. The molecule has 0 aromatic heterocycles. The first-order valence-electron chi connectivity index (χ1n) is 13.6. The molecule has 40 heavy (non-hydrogen) atoms. The van der Waals surface area contributed by atoms with E-state index < -0.39 is 0 Å². The Kier molecular flexibility index (Phi) is 5.83. The normalized spacial score (nSPS) is 12.8. The number of nitrogens with zero attached hydrogens (tertiary/aromatic N) is 1. The molecule has 188 valence electrons. The van der Waals surface area contributed by atoms with Crippen molar-refractivity contribution < 1.29 is 0 Å². The van der Waals surface area contributed by atoms with E-state index in [9.17, 15) is 0 Å². The van der Waals surface area contributed by atoms with E-state index in [0.29, 0.717) is 0 Å². The lowest BCUT2D eigenvalue weighted by molar-refractivity contribution is 1.26. The van der Waals surface area contributed by atoms with Crippen LogP contribution in [0.15, 0.2) is 165 Å². The number of hydrogen-bond acceptors (Lipinski definition) is 3. The average Bonchev–Trinajstić information content (AvgIpc) is 3.02. The molecule has 6 aromatic carbocycles. The van der Waals surface area contributed by atoms with Gasteiger partial charge in [0.05, 0.1) is 0 Å². The highest BCUT2D eigenvalue weighted by molar-refractivity contribution is 8.01. The molecule has 0 saturated carbocycles. The summed E-state index contributed by atoms with van der Waals surface area (Å²) in [4.78, 5) is 7.77. The van der Waals surface area contributed by atoms with E-state index in [4.69, 9.17) is 0 Å². The Morgan fingerprint density at radius 1 is 0.400 bits per heavy atom. The molecule has 4 heteroatoms. The summed E-state index contributed by atoms with van der Waals surface area (Å²) in [6.45, 7) is 0.236. The molecule has 0 spiro atoms. The summed E-state index contributed by atoms with van der Waals surface area (Å²) in [5.41, 5.74) is 10.3. The summed E-state index contributed by atoms with van der Waals surface area (Å²) in [5, 5.41) is 0. The first-order valence-corrected chi connectivity index (χ1v) is 15.2. The van der Waals surface area contributed by atoms with Crippen molar-refractivity contribution in [3.63, 3.8) is 0 Å². The van der Waals surface area contributed by atoms with Gasteiger partial charge in [-0.25, -0.2) is 0 Å². The van der Waals surface area contributed by atoms with Gasteiger partial charge in [-0.1, -0.05) is 125 Å². The highest BCUT2D eigenvalue weighted by Crippen LogP contribution is 2.42.